The number of aromatic nitrogens is 2. The highest BCUT2D eigenvalue weighted by atomic mass is 32.1. The van der Waals surface area contributed by atoms with Gasteiger partial charge in [-0.25, -0.2) is 9.78 Å². The van der Waals surface area contributed by atoms with Gasteiger partial charge in [-0.3, -0.25) is 4.79 Å². The quantitative estimate of drug-likeness (QED) is 0.552. The largest absolute Gasteiger partial charge is 0.462 e. The molecule has 0 saturated heterocycles. The predicted octanol–water partition coefficient (Wildman–Crippen LogP) is 4.08. The van der Waals surface area contributed by atoms with E-state index in [9.17, 15) is 9.59 Å². The summed E-state index contributed by atoms with van der Waals surface area (Å²) in [5, 5.41) is 0.585. The van der Waals surface area contributed by atoms with Gasteiger partial charge < -0.3 is 9.72 Å². The van der Waals surface area contributed by atoms with Crippen molar-refractivity contribution in [2.24, 2.45) is 0 Å². The van der Waals surface area contributed by atoms with Crippen LogP contribution in [0.5, 0.6) is 0 Å². The molecule has 0 amide bonds. The lowest BCUT2D eigenvalue weighted by molar-refractivity contribution is -0.136. The zero-order valence-corrected chi connectivity index (χ0v) is 16.1. The summed E-state index contributed by atoms with van der Waals surface area (Å²) in [5.41, 5.74) is 0.946. The third kappa shape index (κ3) is 3.43. The van der Waals surface area contributed by atoms with Crippen LogP contribution in [0.4, 0.5) is 0 Å². The monoisotopic (exact) mass is 374 g/mol. The van der Waals surface area contributed by atoms with Crippen molar-refractivity contribution in [2.75, 3.05) is 6.61 Å². The second-order valence-electron chi connectivity index (χ2n) is 5.60. The third-order valence-corrected chi connectivity index (χ3v) is 5.89. The summed E-state index contributed by atoms with van der Waals surface area (Å²) >= 11 is 3.01. The smallest absolute Gasteiger partial charge is 0.341 e. The molecule has 0 aliphatic rings. The van der Waals surface area contributed by atoms with E-state index in [1.54, 1.807) is 24.3 Å². The average Bonchev–Trinajstić information content (AvgIpc) is 3.08. The van der Waals surface area contributed by atoms with Gasteiger partial charge in [0, 0.05) is 14.6 Å². The first-order valence-electron chi connectivity index (χ1n) is 7.86. The highest BCUT2D eigenvalue weighted by Gasteiger charge is 2.19. The molecule has 3 aromatic heterocycles. The van der Waals surface area contributed by atoms with Crippen LogP contribution in [0, 0.1) is 20.8 Å². The van der Waals surface area contributed by atoms with E-state index in [0.29, 0.717) is 10.2 Å². The van der Waals surface area contributed by atoms with E-state index in [2.05, 4.69) is 9.97 Å². The molecule has 0 fully saturated rings. The van der Waals surface area contributed by atoms with E-state index in [1.165, 1.54) is 11.3 Å². The fraction of sp³-hybridized carbons (Fsp3) is 0.278. The number of thiophene rings is 2. The van der Waals surface area contributed by atoms with Gasteiger partial charge in [0.05, 0.1) is 12.0 Å². The fourth-order valence-corrected chi connectivity index (χ4v) is 4.34. The van der Waals surface area contributed by atoms with Crippen LogP contribution in [0.25, 0.3) is 21.9 Å². The van der Waals surface area contributed by atoms with Crippen molar-refractivity contribution in [1.29, 1.82) is 0 Å². The summed E-state index contributed by atoms with van der Waals surface area (Å²) in [5.74, 6) is -0.260. The molecule has 0 radical (unpaired) electrons. The maximum absolute atomic E-state index is 12.5. The van der Waals surface area contributed by atoms with E-state index in [1.807, 2.05) is 32.9 Å². The number of H-pyrrole nitrogens is 1. The lowest BCUT2D eigenvalue weighted by Crippen LogP contribution is -2.15. The summed E-state index contributed by atoms with van der Waals surface area (Å²) in [6, 6.07) is 3.90. The summed E-state index contributed by atoms with van der Waals surface area (Å²) in [4.78, 5) is 35.9. The van der Waals surface area contributed by atoms with Crippen molar-refractivity contribution in [3.8, 4) is 0 Å². The van der Waals surface area contributed by atoms with Crippen LogP contribution in [0.3, 0.4) is 0 Å². The minimum atomic E-state index is -0.499. The van der Waals surface area contributed by atoms with Crippen LogP contribution in [-0.2, 0) is 9.53 Å². The van der Waals surface area contributed by atoms with Crippen LogP contribution in [0.15, 0.2) is 16.9 Å². The van der Waals surface area contributed by atoms with Crippen molar-refractivity contribution in [2.45, 2.75) is 27.7 Å². The van der Waals surface area contributed by atoms with E-state index < -0.39 is 5.97 Å². The van der Waals surface area contributed by atoms with Crippen molar-refractivity contribution < 1.29 is 9.53 Å². The van der Waals surface area contributed by atoms with Crippen LogP contribution < -0.4 is 5.56 Å². The minimum absolute atomic E-state index is 0.237. The van der Waals surface area contributed by atoms with E-state index in [0.717, 1.165) is 20.2 Å². The Morgan fingerprint density at radius 2 is 2.04 bits per heavy atom. The minimum Gasteiger partial charge on any atom is -0.462 e. The van der Waals surface area contributed by atoms with Crippen molar-refractivity contribution in [3.63, 3.8) is 0 Å². The van der Waals surface area contributed by atoms with Gasteiger partial charge in [0.1, 0.15) is 16.2 Å². The number of nitrogens with one attached hydrogen (secondary N) is 1. The van der Waals surface area contributed by atoms with Gasteiger partial charge in [-0.15, -0.1) is 22.7 Å². The summed E-state index contributed by atoms with van der Waals surface area (Å²) in [7, 11) is 0. The van der Waals surface area contributed by atoms with Gasteiger partial charge in [-0.2, -0.15) is 0 Å². The number of carbonyl (C=O) groups excluding carboxylic acids is 1. The number of ether oxygens (including phenoxy) is 1. The number of carbonyl (C=O) groups is 1. The Morgan fingerprint density at radius 1 is 1.28 bits per heavy atom. The van der Waals surface area contributed by atoms with Gasteiger partial charge in [-0.05, 0) is 51.5 Å². The Hall–Kier alpha value is -2.25. The van der Waals surface area contributed by atoms with E-state index in [-0.39, 0.29) is 23.6 Å². The first-order valence-corrected chi connectivity index (χ1v) is 9.49. The van der Waals surface area contributed by atoms with Gasteiger partial charge in [0.15, 0.2) is 0 Å². The van der Waals surface area contributed by atoms with Gasteiger partial charge >= 0.3 is 5.97 Å². The molecule has 0 aliphatic heterocycles. The predicted molar refractivity (Wildman–Crippen MR) is 103 cm³/mol. The zero-order chi connectivity index (χ0) is 18.1. The molecule has 0 spiro atoms. The fourth-order valence-electron chi connectivity index (χ4n) is 2.49. The molecule has 0 saturated carbocycles. The van der Waals surface area contributed by atoms with Gasteiger partial charge in [0.25, 0.3) is 5.56 Å². The maximum Gasteiger partial charge on any atom is 0.341 e. The van der Waals surface area contributed by atoms with Crippen LogP contribution >= 0.6 is 22.7 Å². The number of hydrogen-bond acceptors (Lipinski definition) is 6. The Balaban J connectivity index is 2.19. The standard InChI is InChI=1S/C18H18N2O3S2/c1-5-23-18(22)13(8-12-7-6-9(2)24-12)15-19-16(21)14-10(3)11(4)25-17(14)20-15/h6-8H,5H2,1-4H3,(H,19,20,21)/b13-8-. The lowest BCUT2D eigenvalue weighted by Gasteiger charge is -2.06. The second-order valence-corrected chi connectivity index (χ2v) is 8.13. The molecular formula is C18H18N2O3S2. The SMILES string of the molecule is CCOC(=O)/C(=C\c1ccc(C)s1)c1nc2sc(C)c(C)c2c(=O)[nH]1. The molecule has 7 heteroatoms. The Labute approximate surface area is 153 Å². The highest BCUT2D eigenvalue weighted by molar-refractivity contribution is 7.18. The molecule has 0 aliphatic carbocycles. The number of rotatable bonds is 4. The number of hydrogen-bond donors (Lipinski definition) is 1. The van der Waals surface area contributed by atoms with Crippen LogP contribution in [-0.4, -0.2) is 22.5 Å². The summed E-state index contributed by atoms with van der Waals surface area (Å²) < 4.78 is 5.16. The number of esters is 1. The topological polar surface area (TPSA) is 72.0 Å². The molecule has 130 valence electrons. The Bertz CT molecular complexity index is 1040. The van der Waals surface area contributed by atoms with Gasteiger partial charge in [0.2, 0.25) is 0 Å². The number of aromatic amines is 1. The number of fused-ring (bicyclic) bond motifs is 1. The second kappa shape index (κ2) is 6.93. The molecule has 0 unspecified atom stereocenters. The third-order valence-electron chi connectivity index (χ3n) is 3.84. The maximum atomic E-state index is 12.5. The molecule has 3 rings (SSSR count). The first kappa shape index (κ1) is 17.6. The first-order chi connectivity index (χ1) is 11.9. The zero-order valence-electron chi connectivity index (χ0n) is 14.4. The molecular weight excluding hydrogens is 356 g/mol. The van der Waals surface area contributed by atoms with Crippen molar-refractivity contribution in [3.05, 3.63) is 48.5 Å². The number of nitrogens with zero attached hydrogens (tertiary/aromatic N) is 1. The summed E-state index contributed by atoms with van der Waals surface area (Å²) in [6.07, 6.45) is 1.72. The van der Waals surface area contributed by atoms with Crippen molar-refractivity contribution in [1.82, 2.24) is 9.97 Å². The molecule has 1 N–H and O–H groups in total. The van der Waals surface area contributed by atoms with Crippen LogP contribution in [0.2, 0.25) is 0 Å². The molecule has 3 heterocycles. The molecule has 0 atom stereocenters. The van der Waals surface area contributed by atoms with Gasteiger partial charge in [-0.1, -0.05) is 0 Å². The number of aryl methyl sites for hydroxylation is 3. The normalized spacial score (nSPS) is 11.9. The summed E-state index contributed by atoms with van der Waals surface area (Å²) in [6.45, 7) is 7.85. The molecule has 0 aromatic carbocycles. The molecule has 25 heavy (non-hydrogen) atoms. The van der Waals surface area contributed by atoms with E-state index >= 15 is 0 Å². The van der Waals surface area contributed by atoms with Crippen LogP contribution in [0.1, 0.15) is 32.9 Å². The average molecular weight is 374 g/mol. The molecule has 5 nitrogen and oxygen atoms in total. The lowest BCUT2D eigenvalue weighted by atomic mass is 10.2. The molecule has 0 bridgehead atoms. The Morgan fingerprint density at radius 3 is 2.68 bits per heavy atom. The van der Waals surface area contributed by atoms with Crippen molar-refractivity contribution >= 4 is 50.5 Å². The Kier molecular flexibility index (Phi) is 4.87. The molecule has 3 aromatic rings. The van der Waals surface area contributed by atoms with E-state index in [4.69, 9.17) is 4.74 Å². The highest BCUT2D eigenvalue weighted by Crippen LogP contribution is 2.28.